The van der Waals surface area contributed by atoms with E-state index in [0.717, 1.165) is 43.8 Å². The SMILES string of the molecule is O=C(O)CN1CC(CCn2ccnc2)c2cc(OC3CCCCC3)ccc21. The molecule has 2 heterocycles. The number of imidazole rings is 1. The lowest BCUT2D eigenvalue weighted by Gasteiger charge is -2.23. The van der Waals surface area contributed by atoms with Crippen molar-refractivity contribution in [3.05, 3.63) is 42.5 Å². The smallest absolute Gasteiger partial charge is 0.323 e. The first kappa shape index (κ1) is 17.9. The number of hydrogen-bond acceptors (Lipinski definition) is 4. The summed E-state index contributed by atoms with van der Waals surface area (Å²) >= 11 is 0. The Morgan fingerprint density at radius 1 is 1.26 bits per heavy atom. The van der Waals surface area contributed by atoms with E-state index in [1.54, 1.807) is 6.20 Å². The van der Waals surface area contributed by atoms with Crippen molar-refractivity contribution >= 4 is 11.7 Å². The van der Waals surface area contributed by atoms with Crippen LogP contribution in [0.4, 0.5) is 5.69 Å². The van der Waals surface area contributed by atoms with Gasteiger partial charge in [0.1, 0.15) is 12.3 Å². The molecule has 1 saturated carbocycles. The number of fused-ring (bicyclic) bond motifs is 1. The summed E-state index contributed by atoms with van der Waals surface area (Å²) in [6.07, 6.45) is 12.9. The maximum Gasteiger partial charge on any atom is 0.323 e. The van der Waals surface area contributed by atoms with Crippen LogP contribution in [-0.4, -0.2) is 39.8 Å². The molecule has 2 aliphatic rings. The molecule has 1 aromatic heterocycles. The first-order chi connectivity index (χ1) is 13.2. The molecular formula is C21H27N3O3. The summed E-state index contributed by atoms with van der Waals surface area (Å²) in [6.45, 7) is 1.65. The molecule has 0 radical (unpaired) electrons. The molecule has 144 valence electrons. The van der Waals surface area contributed by atoms with Gasteiger partial charge in [-0.15, -0.1) is 0 Å². The summed E-state index contributed by atoms with van der Waals surface area (Å²) in [5.41, 5.74) is 2.24. The van der Waals surface area contributed by atoms with Crippen molar-refractivity contribution in [2.75, 3.05) is 18.0 Å². The third kappa shape index (κ3) is 4.26. The van der Waals surface area contributed by atoms with Gasteiger partial charge in [0.25, 0.3) is 0 Å². The van der Waals surface area contributed by atoms with Crippen LogP contribution < -0.4 is 9.64 Å². The second kappa shape index (κ2) is 8.03. The van der Waals surface area contributed by atoms with Crippen molar-refractivity contribution in [3.63, 3.8) is 0 Å². The predicted octanol–water partition coefficient (Wildman–Crippen LogP) is 3.67. The zero-order valence-electron chi connectivity index (χ0n) is 15.6. The van der Waals surface area contributed by atoms with Crippen LogP contribution in [0.1, 0.15) is 50.0 Å². The highest BCUT2D eigenvalue weighted by Crippen LogP contribution is 2.40. The Morgan fingerprint density at radius 3 is 2.85 bits per heavy atom. The van der Waals surface area contributed by atoms with Gasteiger partial charge in [-0.25, -0.2) is 4.98 Å². The number of aliphatic carboxylic acids is 1. The van der Waals surface area contributed by atoms with Gasteiger partial charge < -0.3 is 19.3 Å². The number of carboxylic acid groups (broad SMARTS) is 1. The van der Waals surface area contributed by atoms with Crippen molar-refractivity contribution in [2.45, 2.75) is 57.1 Å². The number of anilines is 1. The van der Waals surface area contributed by atoms with Gasteiger partial charge in [-0.1, -0.05) is 6.42 Å². The van der Waals surface area contributed by atoms with E-state index in [9.17, 15) is 9.90 Å². The van der Waals surface area contributed by atoms with Gasteiger partial charge in [0.2, 0.25) is 0 Å². The zero-order valence-corrected chi connectivity index (χ0v) is 15.6. The van der Waals surface area contributed by atoms with Crippen LogP contribution in [0.3, 0.4) is 0 Å². The van der Waals surface area contributed by atoms with Crippen molar-refractivity contribution in [1.82, 2.24) is 9.55 Å². The molecule has 6 heteroatoms. The quantitative estimate of drug-likeness (QED) is 0.806. The molecule has 1 aliphatic carbocycles. The van der Waals surface area contributed by atoms with Gasteiger partial charge in [-0.2, -0.15) is 0 Å². The standard InChI is InChI=1S/C21H27N3O3/c25-21(26)14-24-13-16(8-10-23-11-9-22-15-23)19-12-18(6-7-20(19)24)27-17-4-2-1-3-5-17/h6-7,9,11-12,15-17H,1-5,8,10,13-14H2,(H,25,26). The number of ether oxygens (including phenoxy) is 1. The number of carboxylic acids is 1. The number of rotatable bonds is 7. The lowest BCUT2D eigenvalue weighted by Crippen LogP contribution is -2.28. The number of hydrogen-bond donors (Lipinski definition) is 1. The molecule has 1 aliphatic heterocycles. The van der Waals surface area contributed by atoms with E-state index >= 15 is 0 Å². The number of aromatic nitrogens is 2. The van der Waals surface area contributed by atoms with E-state index in [2.05, 4.69) is 15.6 Å². The van der Waals surface area contributed by atoms with Gasteiger partial charge in [0, 0.05) is 37.1 Å². The summed E-state index contributed by atoms with van der Waals surface area (Å²) in [5, 5.41) is 9.26. The highest BCUT2D eigenvalue weighted by Gasteiger charge is 2.30. The van der Waals surface area contributed by atoms with E-state index in [0.29, 0.717) is 12.0 Å². The number of benzene rings is 1. The van der Waals surface area contributed by atoms with Gasteiger partial charge in [-0.3, -0.25) is 4.79 Å². The molecule has 1 N–H and O–H groups in total. The highest BCUT2D eigenvalue weighted by molar-refractivity contribution is 5.76. The van der Waals surface area contributed by atoms with E-state index in [4.69, 9.17) is 4.74 Å². The Morgan fingerprint density at radius 2 is 2.11 bits per heavy atom. The van der Waals surface area contributed by atoms with Crippen molar-refractivity contribution in [1.29, 1.82) is 0 Å². The summed E-state index contributed by atoms with van der Waals surface area (Å²) < 4.78 is 8.32. The lowest BCUT2D eigenvalue weighted by atomic mass is 9.96. The van der Waals surface area contributed by atoms with Crippen LogP contribution in [0.15, 0.2) is 36.9 Å². The fourth-order valence-electron chi connectivity index (χ4n) is 4.34. The molecule has 27 heavy (non-hydrogen) atoms. The second-order valence-electron chi connectivity index (χ2n) is 7.66. The Kier molecular flexibility index (Phi) is 5.32. The molecular weight excluding hydrogens is 342 g/mol. The molecule has 1 aromatic carbocycles. The fraction of sp³-hybridized carbons (Fsp3) is 0.524. The fourth-order valence-corrected chi connectivity index (χ4v) is 4.34. The first-order valence-electron chi connectivity index (χ1n) is 9.92. The van der Waals surface area contributed by atoms with E-state index in [-0.39, 0.29) is 6.54 Å². The second-order valence-corrected chi connectivity index (χ2v) is 7.66. The molecule has 4 rings (SSSR count). The summed E-state index contributed by atoms with van der Waals surface area (Å²) in [6, 6.07) is 6.18. The average molecular weight is 369 g/mol. The number of aryl methyl sites for hydroxylation is 1. The van der Waals surface area contributed by atoms with Gasteiger partial charge in [-0.05, 0) is 55.9 Å². The monoisotopic (exact) mass is 369 g/mol. The predicted molar refractivity (Wildman–Crippen MR) is 103 cm³/mol. The first-order valence-corrected chi connectivity index (χ1v) is 9.92. The molecule has 6 nitrogen and oxygen atoms in total. The topological polar surface area (TPSA) is 67.6 Å². The normalized spacial score (nSPS) is 19.9. The molecule has 0 bridgehead atoms. The third-order valence-electron chi connectivity index (χ3n) is 5.70. The summed E-state index contributed by atoms with van der Waals surface area (Å²) in [7, 11) is 0. The zero-order chi connectivity index (χ0) is 18.6. The van der Waals surface area contributed by atoms with Gasteiger partial charge in [0.15, 0.2) is 0 Å². The Labute approximate surface area is 159 Å². The minimum atomic E-state index is -0.793. The van der Waals surface area contributed by atoms with Crippen LogP contribution in [0.2, 0.25) is 0 Å². The Hall–Kier alpha value is -2.50. The Balaban J connectivity index is 1.51. The molecule has 1 unspecified atom stereocenters. The largest absolute Gasteiger partial charge is 0.490 e. The lowest BCUT2D eigenvalue weighted by molar-refractivity contribution is -0.135. The van der Waals surface area contributed by atoms with E-state index < -0.39 is 5.97 Å². The van der Waals surface area contributed by atoms with Crippen LogP contribution in [0, 0.1) is 0 Å². The summed E-state index contributed by atoms with van der Waals surface area (Å²) in [5.74, 6) is 0.431. The molecule has 0 amide bonds. The maximum atomic E-state index is 11.3. The molecule has 2 aromatic rings. The van der Waals surface area contributed by atoms with E-state index in [1.807, 2.05) is 29.6 Å². The van der Waals surface area contributed by atoms with Crippen LogP contribution in [0.5, 0.6) is 5.75 Å². The highest BCUT2D eigenvalue weighted by atomic mass is 16.5. The van der Waals surface area contributed by atoms with E-state index in [1.165, 1.54) is 24.8 Å². The number of carbonyl (C=O) groups is 1. The Bertz CT molecular complexity index is 769. The number of nitrogens with zero attached hydrogens (tertiary/aromatic N) is 3. The minimum absolute atomic E-state index is 0.0391. The average Bonchev–Trinajstić information content (AvgIpc) is 3.29. The van der Waals surface area contributed by atoms with Crippen molar-refractivity contribution in [3.8, 4) is 5.75 Å². The van der Waals surface area contributed by atoms with Crippen molar-refractivity contribution < 1.29 is 14.6 Å². The molecule has 0 saturated heterocycles. The minimum Gasteiger partial charge on any atom is -0.490 e. The molecule has 0 spiro atoms. The molecule has 1 fully saturated rings. The van der Waals surface area contributed by atoms with Gasteiger partial charge >= 0.3 is 5.97 Å². The van der Waals surface area contributed by atoms with Crippen LogP contribution >= 0.6 is 0 Å². The van der Waals surface area contributed by atoms with Gasteiger partial charge in [0.05, 0.1) is 12.4 Å². The third-order valence-corrected chi connectivity index (χ3v) is 5.70. The van der Waals surface area contributed by atoms with Crippen LogP contribution in [-0.2, 0) is 11.3 Å². The maximum absolute atomic E-state index is 11.3. The van der Waals surface area contributed by atoms with Crippen molar-refractivity contribution in [2.24, 2.45) is 0 Å². The van der Waals surface area contributed by atoms with Crippen LogP contribution in [0.25, 0.3) is 0 Å². The molecule has 1 atom stereocenters. The summed E-state index contributed by atoms with van der Waals surface area (Å²) in [4.78, 5) is 17.3.